The van der Waals surface area contributed by atoms with Crippen LogP contribution in [0.1, 0.15) is 30.9 Å². The van der Waals surface area contributed by atoms with Gasteiger partial charge in [0, 0.05) is 12.1 Å². The fourth-order valence-corrected chi connectivity index (χ4v) is 2.55. The zero-order valence-corrected chi connectivity index (χ0v) is 15.4. The molecule has 0 saturated carbocycles. The van der Waals surface area contributed by atoms with Crippen LogP contribution in [0.3, 0.4) is 0 Å². The number of carbonyl (C=O) groups is 2. The second kappa shape index (κ2) is 10.2. The van der Waals surface area contributed by atoms with E-state index in [9.17, 15) is 9.59 Å². The van der Waals surface area contributed by atoms with E-state index in [1.165, 1.54) is 0 Å². The number of para-hydroxylation sites is 2. The number of hydrogen-bond acceptors (Lipinski definition) is 3. The minimum absolute atomic E-state index is 0.0322. The number of carbonyl (C=O) groups excluding carboxylic acids is 2. The van der Waals surface area contributed by atoms with Crippen molar-refractivity contribution in [2.75, 3.05) is 18.5 Å². The number of anilines is 1. The summed E-state index contributed by atoms with van der Waals surface area (Å²) in [4.78, 5) is 23.8. The summed E-state index contributed by atoms with van der Waals surface area (Å²) in [6.45, 7) is 4.45. The number of nitrogens with one attached hydrogen (secondary N) is 2. The van der Waals surface area contributed by atoms with Crippen molar-refractivity contribution >= 4 is 17.5 Å². The van der Waals surface area contributed by atoms with Gasteiger partial charge in [-0.1, -0.05) is 43.3 Å². The molecular formula is C21H26N2O3. The monoisotopic (exact) mass is 354 g/mol. The quantitative estimate of drug-likeness (QED) is 0.678. The number of amides is 2. The topological polar surface area (TPSA) is 67.4 Å². The van der Waals surface area contributed by atoms with Crippen molar-refractivity contribution in [3.8, 4) is 5.75 Å². The molecule has 0 aliphatic rings. The molecule has 0 unspecified atom stereocenters. The van der Waals surface area contributed by atoms with Crippen LogP contribution in [0, 0.1) is 6.92 Å². The predicted molar refractivity (Wildman–Crippen MR) is 103 cm³/mol. The highest BCUT2D eigenvalue weighted by Crippen LogP contribution is 2.16. The van der Waals surface area contributed by atoms with Crippen molar-refractivity contribution in [1.29, 1.82) is 0 Å². The molecule has 0 heterocycles. The molecule has 0 spiro atoms. The van der Waals surface area contributed by atoms with Crippen molar-refractivity contribution in [3.63, 3.8) is 0 Å². The zero-order valence-electron chi connectivity index (χ0n) is 15.4. The van der Waals surface area contributed by atoms with E-state index in [1.54, 1.807) is 0 Å². The van der Waals surface area contributed by atoms with Gasteiger partial charge < -0.3 is 15.4 Å². The second-order valence-corrected chi connectivity index (χ2v) is 6.05. The van der Waals surface area contributed by atoms with Crippen LogP contribution in [0.5, 0.6) is 5.75 Å². The Balaban J connectivity index is 1.65. The van der Waals surface area contributed by atoms with Crippen LogP contribution in [-0.2, 0) is 16.0 Å². The van der Waals surface area contributed by atoms with Gasteiger partial charge >= 0.3 is 0 Å². The van der Waals surface area contributed by atoms with Crippen molar-refractivity contribution in [1.82, 2.24) is 5.32 Å². The Hall–Kier alpha value is -2.82. The summed E-state index contributed by atoms with van der Waals surface area (Å²) in [6, 6.07) is 15.4. The highest BCUT2D eigenvalue weighted by atomic mass is 16.5. The van der Waals surface area contributed by atoms with Crippen LogP contribution in [0.4, 0.5) is 5.69 Å². The molecule has 0 aliphatic heterocycles. The molecule has 2 aromatic carbocycles. The van der Waals surface area contributed by atoms with E-state index in [0.717, 1.165) is 29.0 Å². The Kier molecular flexibility index (Phi) is 7.68. The van der Waals surface area contributed by atoms with Crippen LogP contribution in [0.15, 0.2) is 48.5 Å². The molecule has 2 aromatic rings. The lowest BCUT2D eigenvalue weighted by molar-refractivity contribution is -0.124. The Labute approximate surface area is 154 Å². The minimum atomic E-state index is -0.226. The Morgan fingerprint density at radius 2 is 1.73 bits per heavy atom. The molecule has 5 nitrogen and oxygen atoms in total. The van der Waals surface area contributed by atoms with E-state index in [4.69, 9.17) is 4.74 Å². The van der Waals surface area contributed by atoms with Crippen LogP contribution < -0.4 is 15.4 Å². The van der Waals surface area contributed by atoms with Crippen LogP contribution in [0.25, 0.3) is 0 Å². The number of benzene rings is 2. The lowest BCUT2D eigenvalue weighted by Gasteiger charge is -2.11. The number of aryl methyl sites for hydroxylation is 2. The van der Waals surface area contributed by atoms with Gasteiger partial charge in [-0.15, -0.1) is 0 Å². The molecular weight excluding hydrogens is 328 g/mol. The summed E-state index contributed by atoms with van der Waals surface area (Å²) in [6.07, 6.45) is 1.76. The Bertz CT molecular complexity index is 744. The minimum Gasteiger partial charge on any atom is -0.493 e. The molecule has 2 N–H and O–H groups in total. The molecule has 26 heavy (non-hydrogen) atoms. The van der Waals surface area contributed by atoms with Crippen molar-refractivity contribution < 1.29 is 14.3 Å². The van der Waals surface area contributed by atoms with E-state index in [2.05, 4.69) is 10.6 Å². The third-order valence-corrected chi connectivity index (χ3v) is 4.02. The molecule has 0 fully saturated rings. The second-order valence-electron chi connectivity index (χ2n) is 6.05. The molecule has 2 rings (SSSR count). The third-order valence-electron chi connectivity index (χ3n) is 4.02. The smallest absolute Gasteiger partial charge is 0.243 e. The summed E-state index contributed by atoms with van der Waals surface area (Å²) < 4.78 is 5.66. The fraction of sp³-hybridized carbons (Fsp3) is 0.333. The lowest BCUT2D eigenvalue weighted by Crippen LogP contribution is -2.33. The average molecular weight is 354 g/mol. The van der Waals surface area contributed by atoms with Crippen LogP contribution in [0.2, 0.25) is 0 Å². The lowest BCUT2D eigenvalue weighted by atomic mass is 10.1. The van der Waals surface area contributed by atoms with Gasteiger partial charge in [-0.25, -0.2) is 0 Å². The van der Waals surface area contributed by atoms with E-state index < -0.39 is 0 Å². The van der Waals surface area contributed by atoms with Crippen molar-refractivity contribution in [2.24, 2.45) is 0 Å². The van der Waals surface area contributed by atoms with Gasteiger partial charge in [0.25, 0.3) is 0 Å². The van der Waals surface area contributed by atoms with Crippen molar-refractivity contribution in [3.05, 3.63) is 59.7 Å². The average Bonchev–Trinajstić information content (AvgIpc) is 2.65. The molecule has 0 atom stereocenters. The number of ether oxygens (including phenoxy) is 1. The summed E-state index contributed by atoms with van der Waals surface area (Å²) in [7, 11) is 0. The highest BCUT2D eigenvalue weighted by molar-refractivity contribution is 5.95. The van der Waals surface area contributed by atoms with Gasteiger partial charge in [0.15, 0.2) is 0 Å². The van der Waals surface area contributed by atoms with Gasteiger partial charge in [-0.05, 0) is 43.0 Å². The maximum Gasteiger partial charge on any atom is 0.243 e. The Morgan fingerprint density at radius 1 is 1.00 bits per heavy atom. The first-order valence-electron chi connectivity index (χ1n) is 8.93. The predicted octanol–water partition coefficient (Wildman–Crippen LogP) is 3.47. The van der Waals surface area contributed by atoms with Gasteiger partial charge in [-0.2, -0.15) is 0 Å². The highest BCUT2D eigenvalue weighted by Gasteiger charge is 2.08. The maximum atomic E-state index is 12.0. The van der Waals surface area contributed by atoms with Gasteiger partial charge in [-0.3, -0.25) is 9.59 Å². The summed E-state index contributed by atoms with van der Waals surface area (Å²) >= 11 is 0. The zero-order chi connectivity index (χ0) is 18.8. The normalized spacial score (nSPS) is 10.2. The van der Waals surface area contributed by atoms with Gasteiger partial charge in [0.1, 0.15) is 5.75 Å². The molecule has 0 aromatic heterocycles. The maximum absolute atomic E-state index is 12.0. The summed E-state index contributed by atoms with van der Waals surface area (Å²) in [5.74, 6) is 0.453. The first kappa shape index (κ1) is 19.5. The summed E-state index contributed by atoms with van der Waals surface area (Å²) in [5, 5.41) is 5.48. The molecule has 0 bridgehead atoms. The van der Waals surface area contributed by atoms with Crippen LogP contribution >= 0.6 is 0 Å². The fourth-order valence-electron chi connectivity index (χ4n) is 2.55. The molecule has 0 saturated heterocycles. The number of rotatable bonds is 9. The SMILES string of the molecule is CCc1ccccc1NC(=O)CNC(=O)CCCOc1ccccc1C. The van der Waals surface area contributed by atoms with E-state index >= 15 is 0 Å². The standard InChI is InChI=1S/C21H26N2O3/c1-3-17-10-5-6-11-18(17)23-21(25)15-22-20(24)13-8-14-26-19-12-7-4-9-16(19)2/h4-7,9-12H,3,8,13-15H2,1-2H3,(H,22,24)(H,23,25). The first-order valence-corrected chi connectivity index (χ1v) is 8.93. The molecule has 0 radical (unpaired) electrons. The van der Waals surface area contributed by atoms with Crippen molar-refractivity contribution in [2.45, 2.75) is 33.1 Å². The molecule has 0 aliphatic carbocycles. The third kappa shape index (κ3) is 6.24. The largest absolute Gasteiger partial charge is 0.493 e. The van der Waals surface area contributed by atoms with Gasteiger partial charge in [0.2, 0.25) is 11.8 Å². The summed E-state index contributed by atoms with van der Waals surface area (Å²) in [5.41, 5.74) is 2.93. The number of hydrogen-bond donors (Lipinski definition) is 2. The molecule has 5 heteroatoms. The van der Waals surface area contributed by atoms with E-state index in [1.807, 2.05) is 62.4 Å². The van der Waals surface area contributed by atoms with Gasteiger partial charge in [0.05, 0.1) is 13.2 Å². The molecule has 2 amide bonds. The van der Waals surface area contributed by atoms with E-state index in [-0.39, 0.29) is 18.4 Å². The molecule has 138 valence electrons. The van der Waals surface area contributed by atoms with Crippen LogP contribution in [-0.4, -0.2) is 25.0 Å². The van der Waals surface area contributed by atoms with E-state index in [0.29, 0.717) is 19.4 Å². The first-order chi connectivity index (χ1) is 12.6. The Morgan fingerprint density at radius 3 is 2.50 bits per heavy atom.